The van der Waals surface area contributed by atoms with E-state index in [1.54, 1.807) is 9.80 Å². The topological polar surface area (TPSA) is 98.8 Å². The average molecular weight is 437 g/mol. The molecule has 2 N–H and O–H groups in total. The number of amides is 4. The van der Waals surface area contributed by atoms with E-state index in [1.165, 1.54) is 0 Å². The summed E-state index contributed by atoms with van der Waals surface area (Å²) in [5.74, 6) is -0.275. The maximum Gasteiger partial charge on any atom is 0.239 e. The van der Waals surface area contributed by atoms with Crippen molar-refractivity contribution in [2.45, 2.75) is 90.0 Å². The zero-order valence-corrected chi connectivity index (χ0v) is 19.1. The van der Waals surface area contributed by atoms with Gasteiger partial charge < -0.3 is 20.4 Å². The minimum atomic E-state index is -0.191. The summed E-state index contributed by atoms with van der Waals surface area (Å²) in [6.07, 6.45) is 10.6. The van der Waals surface area contributed by atoms with E-state index in [0.29, 0.717) is 32.5 Å². The molecule has 0 spiro atoms. The van der Waals surface area contributed by atoms with Gasteiger partial charge in [0.05, 0.1) is 13.1 Å². The van der Waals surface area contributed by atoms with Crippen LogP contribution in [0.1, 0.15) is 84.0 Å². The number of likely N-dealkylation sites (tertiary alicyclic amines) is 2. The van der Waals surface area contributed by atoms with Crippen LogP contribution in [0.3, 0.4) is 0 Å². The van der Waals surface area contributed by atoms with E-state index < -0.39 is 0 Å². The predicted octanol–water partition coefficient (Wildman–Crippen LogP) is 1.97. The summed E-state index contributed by atoms with van der Waals surface area (Å²) in [5, 5.41) is 5.86. The van der Waals surface area contributed by atoms with E-state index in [-0.39, 0.29) is 42.8 Å². The van der Waals surface area contributed by atoms with Crippen molar-refractivity contribution in [1.82, 2.24) is 20.4 Å². The molecule has 8 heteroatoms. The molecule has 8 nitrogen and oxygen atoms in total. The van der Waals surface area contributed by atoms with Crippen LogP contribution in [0.5, 0.6) is 0 Å². The number of carbonyl (C=O) groups is 4. The molecule has 0 bridgehead atoms. The van der Waals surface area contributed by atoms with Gasteiger partial charge in [0.1, 0.15) is 0 Å². The van der Waals surface area contributed by atoms with Crippen molar-refractivity contribution in [2.75, 3.05) is 32.7 Å². The van der Waals surface area contributed by atoms with Crippen molar-refractivity contribution >= 4 is 23.6 Å². The van der Waals surface area contributed by atoms with Gasteiger partial charge in [-0.2, -0.15) is 0 Å². The molecular weight excluding hydrogens is 396 g/mol. The van der Waals surface area contributed by atoms with Crippen molar-refractivity contribution in [3.63, 3.8) is 0 Å². The molecule has 2 saturated heterocycles. The lowest BCUT2D eigenvalue weighted by atomic mass is 10.1. The summed E-state index contributed by atoms with van der Waals surface area (Å²) in [5.41, 5.74) is 0. The molecule has 2 rings (SSSR count). The number of rotatable bonds is 9. The highest BCUT2D eigenvalue weighted by Crippen LogP contribution is 2.12. The lowest BCUT2D eigenvalue weighted by Gasteiger charge is -2.27. The molecule has 2 aliphatic heterocycles. The van der Waals surface area contributed by atoms with Crippen molar-refractivity contribution in [3.8, 4) is 0 Å². The first kappa shape index (κ1) is 25.1. The third-order valence-corrected chi connectivity index (χ3v) is 6.06. The van der Waals surface area contributed by atoms with Gasteiger partial charge in [0.15, 0.2) is 0 Å². The largest absolute Gasteiger partial charge is 0.353 e. The number of nitrogens with one attached hydrogen (secondary N) is 2. The highest BCUT2D eigenvalue weighted by molar-refractivity contribution is 5.86. The van der Waals surface area contributed by atoms with Gasteiger partial charge in [0, 0.05) is 38.5 Å². The molecule has 0 radical (unpaired) electrons. The monoisotopic (exact) mass is 436 g/mol. The molecule has 0 aromatic rings. The van der Waals surface area contributed by atoms with Gasteiger partial charge in [-0.05, 0) is 32.1 Å². The first-order valence-corrected chi connectivity index (χ1v) is 12.1. The SMILES string of the molecule is CCCC(CNC(=O)CN1CCCCCCC1=O)NC(=O)CN1CCCCCCC1=O. The number of carbonyl (C=O) groups excluding carboxylic acids is 4. The summed E-state index contributed by atoms with van der Waals surface area (Å²) in [7, 11) is 0. The molecule has 1 unspecified atom stereocenters. The smallest absolute Gasteiger partial charge is 0.239 e. The number of hydrogen-bond acceptors (Lipinski definition) is 4. The van der Waals surface area contributed by atoms with Gasteiger partial charge in [-0.3, -0.25) is 19.2 Å². The molecule has 31 heavy (non-hydrogen) atoms. The fraction of sp³-hybridized carbons (Fsp3) is 0.826. The zero-order valence-electron chi connectivity index (χ0n) is 19.1. The summed E-state index contributed by atoms with van der Waals surface area (Å²) < 4.78 is 0. The van der Waals surface area contributed by atoms with Crippen molar-refractivity contribution in [1.29, 1.82) is 0 Å². The van der Waals surface area contributed by atoms with Gasteiger partial charge in [-0.1, -0.05) is 39.0 Å². The first-order chi connectivity index (χ1) is 15.0. The Labute approximate surface area is 186 Å². The minimum absolute atomic E-state index is 0.0474. The Morgan fingerprint density at radius 2 is 1.32 bits per heavy atom. The van der Waals surface area contributed by atoms with Crippen molar-refractivity contribution in [2.24, 2.45) is 0 Å². The lowest BCUT2D eigenvalue weighted by molar-refractivity contribution is -0.137. The Morgan fingerprint density at radius 1 is 0.806 bits per heavy atom. The highest BCUT2D eigenvalue weighted by Gasteiger charge is 2.22. The van der Waals surface area contributed by atoms with Gasteiger partial charge in [-0.15, -0.1) is 0 Å². The van der Waals surface area contributed by atoms with Gasteiger partial charge >= 0.3 is 0 Å². The lowest BCUT2D eigenvalue weighted by Crippen LogP contribution is -2.49. The molecule has 176 valence electrons. The normalized spacial score (nSPS) is 19.6. The molecule has 4 amide bonds. The van der Waals surface area contributed by atoms with E-state index in [4.69, 9.17) is 0 Å². The van der Waals surface area contributed by atoms with Crippen LogP contribution in [-0.2, 0) is 19.2 Å². The van der Waals surface area contributed by atoms with Gasteiger partial charge in [-0.25, -0.2) is 0 Å². The van der Waals surface area contributed by atoms with Crippen LogP contribution in [0, 0.1) is 0 Å². The number of nitrogens with zero attached hydrogens (tertiary/aromatic N) is 2. The summed E-state index contributed by atoms with van der Waals surface area (Å²) in [6, 6.07) is -0.186. The van der Waals surface area contributed by atoms with E-state index in [0.717, 1.165) is 64.2 Å². The Bertz CT molecular complexity index is 610. The Balaban J connectivity index is 1.78. The first-order valence-electron chi connectivity index (χ1n) is 12.1. The molecule has 1 atom stereocenters. The van der Waals surface area contributed by atoms with Crippen LogP contribution in [0.25, 0.3) is 0 Å². The molecule has 2 aliphatic rings. The predicted molar refractivity (Wildman–Crippen MR) is 119 cm³/mol. The van der Waals surface area contributed by atoms with Crippen molar-refractivity contribution < 1.29 is 19.2 Å². The Morgan fingerprint density at radius 3 is 1.87 bits per heavy atom. The summed E-state index contributed by atoms with van der Waals surface area (Å²) in [4.78, 5) is 52.7. The Hall–Kier alpha value is -2.12. The standard InChI is InChI=1S/C23H40N4O4/c1-2-11-19(25-21(29)18-27-15-10-6-4-8-13-23(27)31)16-24-20(28)17-26-14-9-5-3-7-12-22(26)30/h19H,2-18H2,1H3,(H,24,28)(H,25,29). The molecule has 2 fully saturated rings. The maximum atomic E-state index is 12.5. The summed E-state index contributed by atoms with van der Waals surface area (Å²) in [6.45, 7) is 3.77. The van der Waals surface area contributed by atoms with Gasteiger partial charge in [0.25, 0.3) is 0 Å². The average Bonchev–Trinajstić information content (AvgIpc) is 2.72. The quantitative estimate of drug-likeness (QED) is 0.577. The number of hydrogen-bond donors (Lipinski definition) is 2. The minimum Gasteiger partial charge on any atom is -0.353 e. The highest BCUT2D eigenvalue weighted by atomic mass is 16.2. The van der Waals surface area contributed by atoms with Crippen LogP contribution < -0.4 is 10.6 Å². The molecule has 0 aromatic carbocycles. The van der Waals surface area contributed by atoms with Crippen LogP contribution in [0.2, 0.25) is 0 Å². The van der Waals surface area contributed by atoms with E-state index in [2.05, 4.69) is 10.6 Å². The zero-order chi connectivity index (χ0) is 22.5. The van der Waals surface area contributed by atoms with Crippen LogP contribution in [0.4, 0.5) is 0 Å². The third kappa shape index (κ3) is 9.70. The molecular formula is C23H40N4O4. The van der Waals surface area contributed by atoms with Gasteiger partial charge in [0.2, 0.25) is 23.6 Å². The third-order valence-electron chi connectivity index (χ3n) is 6.06. The van der Waals surface area contributed by atoms with E-state index in [1.807, 2.05) is 6.92 Å². The van der Waals surface area contributed by atoms with Crippen LogP contribution >= 0.6 is 0 Å². The fourth-order valence-electron chi connectivity index (χ4n) is 4.25. The second-order valence-electron chi connectivity index (χ2n) is 8.82. The Kier molecular flexibility index (Phi) is 11.4. The molecule has 0 saturated carbocycles. The maximum absolute atomic E-state index is 12.5. The second kappa shape index (κ2) is 14.0. The summed E-state index contributed by atoms with van der Waals surface area (Å²) >= 11 is 0. The van der Waals surface area contributed by atoms with E-state index in [9.17, 15) is 19.2 Å². The van der Waals surface area contributed by atoms with Crippen LogP contribution in [-0.4, -0.2) is 72.2 Å². The second-order valence-corrected chi connectivity index (χ2v) is 8.82. The van der Waals surface area contributed by atoms with Crippen LogP contribution in [0.15, 0.2) is 0 Å². The fourth-order valence-corrected chi connectivity index (χ4v) is 4.25. The van der Waals surface area contributed by atoms with E-state index >= 15 is 0 Å². The van der Waals surface area contributed by atoms with Crippen molar-refractivity contribution in [3.05, 3.63) is 0 Å². The molecule has 0 aliphatic carbocycles. The molecule has 2 heterocycles. The molecule has 0 aromatic heterocycles.